The smallest absolute Gasteiger partial charge is 0.222 e. The van der Waals surface area contributed by atoms with Gasteiger partial charge in [-0.3, -0.25) is 9.69 Å². The van der Waals surface area contributed by atoms with Gasteiger partial charge in [0.25, 0.3) is 0 Å². The van der Waals surface area contributed by atoms with E-state index in [9.17, 15) is 4.79 Å². The Bertz CT molecular complexity index is 430. The molecule has 0 saturated carbocycles. The Labute approximate surface area is 121 Å². The molecule has 2 rings (SSSR count). The highest BCUT2D eigenvalue weighted by Gasteiger charge is 2.18. The molecular formula is C17H24N2O. The largest absolute Gasteiger partial charge is 0.341 e. The van der Waals surface area contributed by atoms with Crippen molar-refractivity contribution in [3.05, 3.63) is 48.6 Å². The van der Waals surface area contributed by atoms with Crippen LogP contribution in [0.15, 0.2) is 43.0 Å². The van der Waals surface area contributed by atoms with Crippen molar-refractivity contribution in [1.82, 2.24) is 9.80 Å². The van der Waals surface area contributed by atoms with Gasteiger partial charge in [0.2, 0.25) is 5.91 Å². The van der Waals surface area contributed by atoms with Gasteiger partial charge in [-0.25, -0.2) is 0 Å². The van der Waals surface area contributed by atoms with Crippen LogP contribution in [0.2, 0.25) is 0 Å². The van der Waals surface area contributed by atoms with Crippen molar-refractivity contribution < 1.29 is 4.79 Å². The molecule has 1 aliphatic rings. The van der Waals surface area contributed by atoms with Crippen LogP contribution in [0.3, 0.4) is 0 Å². The first kappa shape index (κ1) is 14.8. The number of carbonyl (C=O) groups excluding carboxylic acids is 1. The topological polar surface area (TPSA) is 23.6 Å². The predicted octanol–water partition coefficient (Wildman–Crippen LogP) is 2.34. The Hall–Kier alpha value is -1.61. The highest BCUT2D eigenvalue weighted by Crippen LogP contribution is 2.08. The Kier molecular flexibility index (Phi) is 5.81. The van der Waals surface area contributed by atoms with Gasteiger partial charge in [0.1, 0.15) is 0 Å². The zero-order valence-electron chi connectivity index (χ0n) is 12.1. The Morgan fingerprint density at radius 2 is 1.95 bits per heavy atom. The summed E-state index contributed by atoms with van der Waals surface area (Å²) in [5.74, 6) is 0.286. The molecule has 1 heterocycles. The molecule has 3 nitrogen and oxygen atoms in total. The Morgan fingerprint density at radius 3 is 2.70 bits per heavy atom. The van der Waals surface area contributed by atoms with Crippen molar-refractivity contribution in [2.24, 2.45) is 0 Å². The van der Waals surface area contributed by atoms with E-state index in [1.165, 1.54) is 5.56 Å². The van der Waals surface area contributed by atoms with Gasteiger partial charge < -0.3 is 4.90 Å². The molecule has 1 aromatic carbocycles. The quantitative estimate of drug-likeness (QED) is 0.768. The third kappa shape index (κ3) is 4.49. The van der Waals surface area contributed by atoms with E-state index in [1.54, 1.807) is 0 Å². The molecule has 0 unspecified atom stereocenters. The highest BCUT2D eigenvalue weighted by molar-refractivity contribution is 5.76. The summed E-state index contributed by atoms with van der Waals surface area (Å²) in [6.45, 7) is 8.47. The van der Waals surface area contributed by atoms with Gasteiger partial charge in [-0.15, -0.1) is 6.58 Å². The minimum Gasteiger partial charge on any atom is -0.341 e. The van der Waals surface area contributed by atoms with Crippen molar-refractivity contribution in [3.63, 3.8) is 0 Å². The van der Waals surface area contributed by atoms with Crippen molar-refractivity contribution in [2.75, 3.05) is 32.7 Å². The molecule has 1 saturated heterocycles. The number of aryl methyl sites for hydroxylation is 1. The molecule has 3 heteroatoms. The molecule has 108 valence electrons. The molecule has 20 heavy (non-hydrogen) atoms. The number of hydrogen-bond acceptors (Lipinski definition) is 2. The van der Waals surface area contributed by atoms with Crippen LogP contribution in [0.25, 0.3) is 0 Å². The van der Waals surface area contributed by atoms with E-state index in [0.717, 1.165) is 45.6 Å². The van der Waals surface area contributed by atoms with Gasteiger partial charge in [0.15, 0.2) is 0 Å². The van der Waals surface area contributed by atoms with Gasteiger partial charge >= 0.3 is 0 Å². The fourth-order valence-corrected chi connectivity index (χ4v) is 2.64. The first-order chi connectivity index (χ1) is 9.79. The maximum atomic E-state index is 12.3. The molecule has 0 spiro atoms. The second kappa shape index (κ2) is 7.85. The van der Waals surface area contributed by atoms with Crippen LogP contribution in [0.5, 0.6) is 0 Å². The van der Waals surface area contributed by atoms with E-state index in [0.29, 0.717) is 6.42 Å². The monoisotopic (exact) mass is 272 g/mol. The average molecular weight is 272 g/mol. The maximum absolute atomic E-state index is 12.3. The molecule has 1 aromatic rings. The van der Waals surface area contributed by atoms with Crippen LogP contribution in [0.1, 0.15) is 18.4 Å². The van der Waals surface area contributed by atoms with Crippen molar-refractivity contribution >= 4 is 5.91 Å². The number of rotatable bonds is 5. The van der Waals surface area contributed by atoms with E-state index >= 15 is 0 Å². The van der Waals surface area contributed by atoms with Crippen molar-refractivity contribution in [2.45, 2.75) is 19.3 Å². The SMILES string of the molecule is C=CCN1CCCN(C(=O)CCc2ccccc2)CC1. The van der Waals surface area contributed by atoms with Crippen LogP contribution in [-0.4, -0.2) is 48.4 Å². The molecule has 1 amide bonds. The molecule has 1 aliphatic heterocycles. The first-order valence-corrected chi connectivity index (χ1v) is 7.44. The zero-order valence-corrected chi connectivity index (χ0v) is 12.1. The zero-order chi connectivity index (χ0) is 14.2. The minimum absolute atomic E-state index is 0.286. The van der Waals surface area contributed by atoms with E-state index in [2.05, 4.69) is 23.6 Å². The predicted molar refractivity (Wildman–Crippen MR) is 82.6 cm³/mol. The van der Waals surface area contributed by atoms with Crippen LogP contribution in [0, 0.1) is 0 Å². The molecule has 0 bridgehead atoms. The maximum Gasteiger partial charge on any atom is 0.222 e. The molecule has 1 fully saturated rings. The summed E-state index contributed by atoms with van der Waals surface area (Å²) in [4.78, 5) is 16.7. The van der Waals surface area contributed by atoms with Gasteiger partial charge in [-0.05, 0) is 18.4 Å². The fraction of sp³-hybridized carbons (Fsp3) is 0.471. The summed E-state index contributed by atoms with van der Waals surface area (Å²) < 4.78 is 0. The normalized spacial score (nSPS) is 16.7. The van der Waals surface area contributed by atoms with Gasteiger partial charge in [0, 0.05) is 39.1 Å². The lowest BCUT2D eigenvalue weighted by atomic mass is 10.1. The third-order valence-electron chi connectivity index (χ3n) is 3.80. The summed E-state index contributed by atoms with van der Waals surface area (Å²) >= 11 is 0. The highest BCUT2D eigenvalue weighted by atomic mass is 16.2. The second-order valence-electron chi connectivity index (χ2n) is 5.31. The van der Waals surface area contributed by atoms with E-state index in [4.69, 9.17) is 0 Å². The van der Waals surface area contributed by atoms with Gasteiger partial charge in [0.05, 0.1) is 0 Å². The molecule has 0 radical (unpaired) electrons. The molecule has 0 N–H and O–H groups in total. The number of amides is 1. The van der Waals surface area contributed by atoms with E-state index < -0.39 is 0 Å². The Balaban J connectivity index is 1.79. The van der Waals surface area contributed by atoms with Crippen molar-refractivity contribution in [1.29, 1.82) is 0 Å². The lowest BCUT2D eigenvalue weighted by Gasteiger charge is -2.21. The van der Waals surface area contributed by atoms with Gasteiger partial charge in [-0.2, -0.15) is 0 Å². The van der Waals surface area contributed by atoms with Crippen LogP contribution in [0.4, 0.5) is 0 Å². The summed E-state index contributed by atoms with van der Waals surface area (Å²) in [6.07, 6.45) is 4.45. The molecule has 0 atom stereocenters. The second-order valence-corrected chi connectivity index (χ2v) is 5.31. The standard InChI is InChI=1S/C17H24N2O/c1-2-11-18-12-6-13-19(15-14-18)17(20)10-9-16-7-4-3-5-8-16/h2-5,7-8H,1,6,9-15H2. The Morgan fingerprint density at radius 1 is 1.15 bits per heavy atom. The van der Waals surface area contributed by atoms with E-state index in [-0.39, 0.29) is 5.91 Å². The van der Waals surface area contributed by atoms with Crippen molar-refractivity contribution in [3.8, 4) is 0 Å². The van der Waals surface area contributed by atoms with Gasteiger partial charge in [-0.1, -0.05) is 36.4 Å². The summed E-state index contributed by atoms with van der Waals surface area (Å²) in [6, 6.07) is 10.2. The van der Waals surface area contributed by atoms with Crippen LogP contribution >= 0.6 is 0 Å². The molecule has 0 aromatic heterocycles. The minimum atomic E-state index is 0.286. The molecular weight excluding hydrogens is 248 g/mol. The number of nitrogens with zero attached hydrogens (tertiary/aromatic N) is 2. The fourth-order valence-electron chi connectivity index (χ4n) is 2.64. The first-order valence-electron chi connectivity index (χ1n) is 7.44. The number of carbonyl (C=O) groups is 1. The summed E-state index contributed by atoms with van der Waals surface area (Å²) in [5.41, 5.74) is 1.24. The number of benzene rings is 1. The average Bonchev–Trinajstić information content (AvgIpc) is 2.72. The summed E-state index contributed by atoms with van der Waals surface area (Å²) in [7, 11) is 0. The number of hydrogen-bond donors (Lipinski definition) is 0. The lowest BCUT2D eigenvalue weighted by molar-refractivity contribution is -0.131. The van der Waals surface area contributed by atoms with E-state index in [1.807, 2.05) is 29.2 Å². The molecule has 0 aliphatic carbocycles. The summed E-state index contributed by atoms with van der Waals surface area (Å²) in [5, 5.41) is 0. The lowest BCUT2D eigenvalue weighted by Crippen LogP contribution is -2.35. The van der Waals surface area contributed by atoms with Crippen LogP contribution < -0.4 is 0 Å². The third-order valence-corrected chi connectivity index (χ3v) is 3.80. The van der Waals surface area contributed by atoms with Crippen LogP contribution in [-0.2, 0) is 11.2 Å².